The number of nitrogens with one attached hydrogen (secondary N) is 3. The molecule has 2 amide bonds. The van der Waals surface area contributed by atoms with Crippen LogP contribution in [0.2, 0.25) is 0 Å². The maximum absolute atomic E-state index is 12.2. The molecular formula is C29H31N7O4. The van der Waals surface area contributed by atoms with Crippen LogP contribution in [0.15, 0.2) is 59.3 Å². The van der Waals surface area contributed by atoms with Crippen molar-refractivity contribution >= 4 is 29.2 Å². The lowest BCUT2D eigenvalue weighted by atomic mass is 9.90. The van der Waals surface area contributed by atoms with E-state index in [1.54, 1.807) is 25.1 Å². The van der Waals surface area contributed by atoms with Crippen molar-refractivity contribution in [2.24, 2.45) is 0 Å². The fraction of sp³-hybridized carbons (Fsp3) is 0.310. The monoisotopic (exact) mass is 541 g/mol. The van der Waals surface area contributed by atoms with Crippen LogP contribution in [0.1, 0.15) is 16.8 Å². The fourth-order valence-electron chi connectivity index (χ4n) is 4.83. The topological polar surface area (TPSA) is 127 Å². The first-order valence-corrected chi connectivity index (χ1v) is 13.4. The first kappa shape index (κ1) is 25.8. The van der Waals surface area contributed by atoms with Crippen molar-refractivity contribution in [2.45, 2.75) is 19.8 Å². The Morgan fingerprint density at radius 3 is 2.60 bits per heavy atom. The lowest BCUT2D eigenvalue weighted by Crippen LogP contribution is -2.38. The normalized spacial score (nSPS) is 14.6. The summed E-state index contributed by atoms with van der Waals surface area (Å²) in [5, 5.41) is 12.4. The van der Waals surface area contributed by atoms with Crippen LogP contribution in [0.5, 0.6) is 5.75 Å². The summed E-state index contributed by atoms with van der Waals surface area (Å²) in [5.41, 5.74) is 6.53. The van der Waals surface area contributed by atoms with Crippen molar-refractivity contribution in [3.05, 3.63) is 71.5 Å². The number of fused-ring (bicyclic) bond motifs is 3. The second kappa shape index (κ2) is 11.7. The minimum absolute atomic E-state index is 0.284. The van der Waals surface area contributed by atoms with E-state index in [-0.39, 0.29) is 5.88 Å². The van der Waals surface area contributed by atoms with Crippen molar-refractivity contribution in [1.29, 1.82) is 0 Å². The number of aromatic nitrogens is 3. The summed E-state index contributed by atoms with van der Waals surface area (Å²) >= 11 is 0. The van der Waals surface area contributed by atoms with E-state index in [1.165, 1.54) is 5.56 Å². The summed E-state index contributed by atoms with van der Waals surface area (Å²) in [6.07, 6.45) is 3.71. The standard InChI is InChI=1S/C29H31N7O4/c1-19-16-26(40-35-19)33-29(37)32-23-6-4-22(5-7-23)31-28-30-18-21-3-2-20-17-24(8-9-25(20)27(21)34-28)39-15-12-36-10-13-38-14-11-36/h4-9,16-18H,2-3,10-15H2,1H3,(H,30,31,34)(H2,32,33,37). The van der Waals surface area contributed by atoms with Gasteiger partial charge in [0.05, 0.1) is 24.6 Å². The number of aryl methyl sites for hydroxylation is 3. The van der Waals surface area contributed by atoms with E-state index in [4.69, 9.17) is 19.0 Å². The molecule has 2 aromatic carbocycles. The van der Waals surface area contributed by atoms with Gasteiger partial charge < -0.3 is 24.6 Å². The molecule has 3 N–H and O–H groups in total. The fourth-order valence-corrected chi connectivity index (χ4v) is 4.83. The Hall–Kier alpha value is -4.48. The molecule has 206 valence electrons. The number of amides is 2. The van der Waals surface area contributed by atoms with E-state index in [0.29, 0.717) is 23.9 Å². The molecule has 1 aliphatic carbocycles. The van der Waals surface area contributed by atoms with E-state index >= 15 is 0 Å². The lowest BCUT2D eigenvalue weighted by molar-refractivity contribution is 0.0322. The highest BCUT2D eigenvalue weighted by molar-refractivity contribution is 5.99. The molecule has 4 aromatic rings. The molecule has 1 fully saturated rings. The molecule has 2 aliphatic rings. The van der Waals surface area contributed by atoms with E-state index in [2.05, 4.69) is 43.1 Å². The summed E-state index contributed by atoms with van der Waals surface area (Å²) in [7, 11) is 0. The van der Waals surface area contributed by atoms with Crippen LogP contribution in [0.4, 0.5) is 28.0 Å². The summed E-state index contributed by atoms with van der Waals surface area (Å²) in [6, 6.07) is 14.8. The average molecular weight is 542 g/mol. The predicted molar refractivity (Wildman–Crippen MR) is 151 cm³/mol. The number of urea groups is 1. The molecular weight excluding hydrogens is 510 g/mol. The number of carbonyl (C=O) groups excluding carboxylic acids is 1. The van der Waals surface area contributed by atoms with Crippen molar-refractivity contribution in [3.8, 4) is 17.0 Å². The van der Waals surface area contributed by atoms with Crippen LogP contribution in [-0.4, -0.2) is 65.5 Å². The lowest BCUT2D eigenvalue weighted by Gasteiger charge is -2.26. The molecule has 0 saturated carbocycles. The van der Waals surface area contributed by atoms with Gasteiger partial charge in [-0.1, -0.05) is 5.16 Å². The van der Waals surface area contributed by atoms with Gasteiger partial charge in [-0.05, 0) is 73.4 Å². The van der Waals surface area contributed by atoms with Crippen LogP contribution in [-0.2, 0) is 17.6 Å². The van der Waals surface area contributed by atoms with E-state index in [0.717, 1.165) is 73.9 Å². The smallest absolute Gasteiger partial charge is 0.326 e. The molecule has 0 spiro atoms. The molecule has 11 nitrogen and oxygen atoms in total. The molecule has 0 radical (unpaired) electrons. The maximum Gasteiger partial charge on any atom is 0.326 e. The molecule has 0 bridgehead atoms. The van der Waals surface area contributed by atoms with Crippen LogP contribution >= 0.6 is 0 Å². The zero-order valence-corrected chi connectivity index (χ0v) is 22.3. The van der Waals surface area contributed by atoms with E-state index in [9.17, 15) is 4.79 Å². The number of anilines is 4. The molecule has 1 aliphatic heterocycles. The number of carbonyl (C=O) groups is 1. The van der Waals surface area contributed by atoms with Gasteiger partial charge in [-0.15, -0.1) is 0 Å². The highest BCUT2D eigenvalue weighted by atomic mass is 16.5. The number of nitrogens with zero attached hydrogens (tertiary/aromatic N) is 4. The summed E-state index contributed by atoms with van der Waals surface area (Å²) in [6.45, 7) is 6.85. The number of hydrogen-bond donors (Lipinski definition) is 3. The van der Waals surface area contributed by atoms with Gasteiger partial charge in [0.15, 0.2) is 0 Å². The first-order valence-electron chi connectivity index (χ1n) is 13.4. The second-order valence-electron chi connectivity index (χ2n) is 9.80. The third-order valence-corrected chi connectivity index (χ3v) is 6.90. The van der Waals surface area contributed by atoms with E-state index < -0.39 is 6.03 Å². The number of rotatable bonds is 8. The molecule has 2 aromatic heterocycles. The van der Waals surface area contributed by atoms with Gasteiger partial charge in [0, 0.05) is 48.8 Å². The predicted octanol–water partition coefficient (Wildman–Crippen LogP) is 4.64. The average Bonchev–Trinajstić information content (AvgIpc) is 3.38. The van der Waals surface area contributed by atoms with Gasteiger partial charge in [0.25, 0.3) is 0 Å². The molecule has 11 heteroatoms. The van der Waals surface area contributed by atoms with E-state index in [1.807, 2.05) is 24.4 Å². The largest absolute Gasteiger partial charge is 0.492 e. The van der Waals surface area contributed by atoms with Crippen LogP contribution in [0, 0.1) is 6.92 Å². The van der Waals surface area contributed by atoms with Gasteiger partial charge in [0.1, 0.15) is 12.4 Å². The maximum atomic E-state index is 12.2. The van der Waals surface area contributed by atoms with Crippen molar-refractivity contribution < 1.29 is 18.8 Å². The summed E-state index contributed by atoms with van der Waals surface area (Å²) in [5.74, 6) is 1.68. The SMILES string of the molecule is Cc1cc(NC(=O)Nc2ccc(Nc3ncc4c(n3)-c3ccc(OCCN5CCOCC5)cc3CC4)cc2)on1. The third-order valence-electron chi connectivity index (χ3n) is 6.90. The number of hydrogen-bond acceptors (Lipinski definition) is 9. The zero-order valence-electron chi connectivity index (χ0n) is 22.3. The minimum Gasteiger partial charge on any atom is -0.492 e. The summed E-state index contributed by atoms with van der Waals surface area (Å²) in [4.78, 5) is 23.9. The molecule has 0 atom stereocenters. The zero-order chi connectivity index (χ0) is 27.3. The molecule has 40 heavy (non-hydrogen) atoms. The van der Waals surface area contributed by atoms with Crippen molar-refractivity contribution in [1.82, 2.24) is 20.0 Å². The van der Waals surface area contributed by atoms with Gasteiger partial charge in [-0.25, -0.2) is 14.8 Å². The Morgan fingerprint density at radius 1 is 1.00 bits per heavy atom. The number of ether oxygens (including phenoxy) is 2. The first-order chi connectivity index (χ1) is 19.6. The number of benzene rings is 2. The van der Waals surface area contributed by atoms with Crippen LogP contribution in [0.25, 0.3) is 11.3 Å². The molecule has 1 saturated heterocycles. The summed E-state index contributed by atoms with van der Waals surface area (Å²) < 4.78 is 16.5. The Bertz CT molecular complexity index is 1480. The Morgan fingerprint density at radius 2 is 1.80 bits per heavy atom. The Labute approximate surface area is 231 Å². The highest BCUT2D eigenvalue weighted by Crippen LogP contribution is 2.34. The third kappa shape index (κ3) is 6.22. The second-order valence-corrected chi connectivity index (χ2v) is 9.80. The Kier molecular flexibility index (Phi) is 7.56. The highest BCUT2D eigenvalue weighted by Gasteiger charge is 2.20. The van der Waals surface area contributed by atoms with Crippen molar-refractivity contribution in [2.75, 3.05) is 55.4 Å². The Balaban J connectivity index is 1.07. The van der Waals surface area contributed by atoms with Crippen LogP contribution < -0.4 is 20.7 Å². The molecule has 3 heterocycles. The van der Waals surface area contributed by atoms with Gasteiger partial charge in [0.2, 0.25) is 11.8 Å². The van der Waals surface area contributed by atoms with Gasteiger partial charge in [-0.2, -0.15) is 0 Å². The van der Waals surface area contributed by atoms with Crippen LogP contribution in [0.3, 0.4) is 0 Å². The van der Waals surface area contributed by atoms with Crippen molar-refractivity contribution in [3.63, 3.8) is 0 Å². The number of morpholine rings is 1. The molecule has 6 rings (SSSR count). The van der Waals surface area contributed by atoms with Gasteiger partial charge >= 0.3 is 6.03 Å². The molecule has 0 unspecified atom stereocenters. The minimum atomic E-state index is -0.417. The van der Waals surface area contributed by atoms with Gasteiger partial charge in [-0.3, -0.25) is 10.2 Å². The quantitative estimate of drug-likeness (QED) is 0.292.